The number of thiocarbonyl (C=S) groups is 1. The fraction of sp³-hybridized carbons (Fsp3) is 0.200. The van der Waals surface area contributed by atoms with Crippen LogP contribution in [0.2, 0.25) is 0 Å². The van der Waals surface area contributed by atoms with Crippen molar-refractivity contribution in [3.8, 4) is 22.8 Å². The first kappa shape index (κ1) is 29.8. The second kappa shape index (κ2) is 12.0. The van der Waals surface area contributed by atoms with Crippen molar-refractivity contribution in [2.45, 2.75) is 32.2 Å². The van der Waals surface area contributed by atoms with Gasteiger partial charge in [-0.2, -0.15) is 4.99 Å². The summed E-state index contributed by atoms with van der Waals surface area (Å²) in [7, 11) is 0. The number of amidine groups is 1. The van der Waals surface area contributed by atoms with E-state index >= 15 is 0 Å². The third kappa shape index (κ3) is 6.47. The average molecular weight is 640 g/mol. The van der Waals surface area contributed by atoms with Crippen molar-refractivity contribution < 1.29 is 22.3 Å². The van der Waals surface area contributed by atoms with E-state index in [9.17, 15) is 17.6 Å². The van der Waals surface area contributed by atoms with Gasteiger partial charge in [-0.25, -0.2) is 19.5 Å². The van der Waals surface area contributed by atoms with E-state index in [1.54, 1.807) is 11.8 Å². The summed E-state index contributed by atoms with van der Waals surface area (Å²) in [4.78, 5) is 10.9. The van der Waals surface area contributed by atoms with Crippen LogP contribution >= 0.6 is 24.0 Å². The number of nitrogens with zero attached hydrogens (tertiary/aromatic N) is 5. The van der Waals surface area contributed by atoms with E-state index in [4.69, 9.17) is 12.2 Å². The maximum Gasteiger partial charge on any atom is 0.573 e. The number of thioether (sulfide) groups is 1. The summed E-state index contributed by atoms with van der Waals surface area (Å²) in [5, 5.41) is 5.38. The Balaban J connectivity index is 1.07. The summed E-state index contributed by atoms with van der Waals surface area (Å²) >= 11 is 7.04. The molecule has 44 heavy (non-hydrogen) atoms. The number of aromatic nitrogens is 3. The predicted molar refractivity (Wildman–Crippen MR) is 166 cm³/mol. The highest BCUT2D eigenvalue weighted by Gasteiger charge is 2.33. The molecule has 0 radical (unpaired) electrons. The topological polar surface area (TPSA) is 79.6 Å². The Kier molecular flexibility index (Phi) is 8.14. The number of ether oxygens (including phenoxy) is 1. The summed E-state index contributed by atoms with van der Waals surface area (Å²) in [6.45, 7) is 4.06. The van der Waals surface area contributed by atoms with Gasteiger partial charge in [0.2, 0.25) is 5.11 Å². The van der Waals surface area contributed by atoms with Gasteiger partial charge in [0.1, 0.15) is 17.9 Å². The average Bonchev–Trinajstić information content (AvgIpc) is 3.63. The van der Waals surface area contributed by atoms with Gasteiger partial charge in [-0.15, -0.1) is 18.3 Å². The minimum atomic E-state index is -4.75. The highest BCUT2D eigenvalue weighted by Crippen LogP contribution is 2.43. The first-order valence-electron chi connectivity index (χ1n) is 13.5. The number of nitrogens with one attached hydrogen (secondary N) is 2. The van der Waals surface area contributed by atoms with Gasteiger partial charge in [-0.1, -0.05) is 55.1 Å². The van der Waals surface area contributed by atoms with E-state index in [0.717, 1.165) is 33.8 Å². The smallest absolute Gasteiger partial charge is 0.406 e. The number of hydrogen-bond donors (Lipinski definition) is 2. The molecule has 3 heterocycles. The first-order valence-corrected chi connectivity index (χ1v) is 14.9. The Morgan fingerprint density at radius 1 is 1.11 bits per heavy atom. The van der Waals surface area contributed by atoms with Crippen molar-refractivity contribution in [1.29, 1.82) is 0 Å². The summed E-state index contributed by atoms with van der Waals surface area (Å²) in [5.74, 6) is 0.760. The number of hydrazine groups is 1. The molecule has 8 nitrogen and oxygen atoms in total. The molecule has 0 spiro atoms. The molecule has 0 aliphatic carbocycles. The van der Waals surface area contributed by atoms with Crippen molar-refractivity contribution in [1.82, 2.24) is 25.6 Å². The Bertz CT molecular complexity index is 1750. The largest absolute Gasteiger partial charge is 0.573 e. The van der Waals surface area contributed by atoms with Crippen LogP contribution < -0.4 is 20.5 Å². The van der Waals surface area contributed by atoms with E-state index < -0.39 is 6.36 Å². The molecule has 2 atom stereocenters. The fourth-order valence-corrected chi connectivity index (χ4v) is 6.14. The van der Waals surface area contributed by atoms with E-state index in [2.05, 4.69) is 43.7 Å². The molecule has 0 amide bonds. The van der Waals surface area contributed by atoms with Crippen LogP contribution in [-0.2, 0) is 0 Å². The lowest BCUT2D eigenvalue weighted by atomic mass is 9.94. The number of aliphatic imine (C=N–C) groups is 1. The van der Waals surface area contributed by atoms with Gasteiger partial charge in [0.05, 0.1) is 11.4 Å². The minimum Gasteiger partial charge on any atom is -0.406 e. The van der Waals surface area contributed by atoms with Crippen LogP contribution in [-0.4, -0.2) is 37.2 Å². The summed E-state index contributed by atoms with van der Waals surface area (Å²) < 4.78 is 56.7. The molecule has 0 bridgehead atoms. The molecule has 1 saturated heterocycles. The van der Waals surface area contributed by atoms with Crippen molar-refractivity contribution in [3.05, 3.63) is 102 Å². The van der Waals surface area contributed by atoms with Crippen LogP contribution in [0.15, 0.2) is 89.8 Å². The lowest BCUT2D eigenvalue weighted by molar-refractivity contribution is -0.274. The Labute approximate surface area is 259 Å². The van der Waals surface area contributed by atoms with Crippen molar-refractivity contribution in [3.63, 3.8) is 0 Å². The number of rotatable bonds is 6. The number of benzene rings is 3. The molecular weight excluding hydrogens is 615 g/mol. The van der Waals surface area contributed by atoms with Crippen LogP contribution in [0.25, 0.3) is 17.1 Å². The fourth-order valence-electron chi connectivity index (χ4n) is 4.94. The normalized spacial score (nSPS) is 17.6. The Morgan fingerprint density at radius 3 is 2.59 bits per heavy atom. The molecule has 14 heteroatoms. The molecule has 1 fully saturated rings. The molecule has 2 aliphatic heterocycles. The van der Waals surface area contributed by atoms with Crippen LogP contribution in [0.5, 0.6) is 5.75 Å². The molecule has 2 unspecified atom stereocenters. The van der Waals surface area contributed by atoms with Gasteiger partial charge in [-0.05, 0) is 66.7 Å². The van der Waals surface area contributed by atoms with E-state index in [1.165, 1.54) is 47.4 Å². The molecule has 2 aliphatic rings. The minimum absolute atomic E-state index is 0.137. The lowest BCUT2D eigenvalue weighted by Gasteiger charge is -2.29. The quantitative estimate of drug-likeness (QED) is 0.132. The van der Waals surface area contributed by atoms with Gasteiger partial charge in [0, 0.05) is 29.0 Å². The highest BCUT2D eigenvalue weighted by atomic mass is 32.2. The van der Waals surface area contributed by atoms with Crippen LogP contribution in [0.4, 0.5) is 23.2 Å². The van der Waals surface area contributed by atoms with Gasteiger partial charge >= 0.3 is 6.36 Å². The molecule has 2 N–H and O–H groups in total. The van der Waals surface area contributed by atoms with Crippen LogP contribution in [0, 0.1) is 5.82 Å². The SMILES string of the molecule is CC1C=C2CS/C(=N\C(=S)NNC(C)c3ccc(-c4ncn(-c5ccc(OC(F)(F)F)cc5)n4)cc3)N2c2cc(F)ccc21. The van der Waals surface area contributed by atoms with Crippen LogP contribution in [0.1, 0.15) is 36.9 Å². The highest BCUT2D eigenvalue weighted by molar-refractivity contribution is 8.14. The first-order chi connectivity index (χ1) is 21.0. The predicted octanol–water partition coefficient (Wildman–Crippen LogP) is 7.02. The van der Waals surface area contributed by atoms with E-state index in [1.807, 2.05) is 42.2 Å². The van der Waals surface area contributed by atoms with E-state index in [-0.39, 0.29) is 28.6 Å². The third-order valence-electron chi connectivity index (χ3n) is 7.08. The van der Waals surface area contributed by atoms with Crippen molar-refractivity contribution >= 4 is 39.9 Å². The third-order valence-corrected chi connectivity index (χ3v) is 8.25. The number of alkyl halides is 3. The molecule has 226 valence electrons. The number of halogens is 4. The monoisotopic (exact) mass is 639 g/mol. The summed E-state index contributed by atoms with van der Waals surface area (Å²) in [6.07, 6.45) is -1.10. The molecule has 4 aromatic rings. The molecule has 3 aromatic carbocycles. The molecule has 0 saturated carbocycles. The zero-order valence-corrected chi connectivity index (χ0v) is 25.0. The maximum atomic E-state index is 14.1. The second-order valence-corrected chi connectivity index (χ2v) is 11.5. The van der Waals surface area contributed by atoms with Gasteiger partial charge in [0.15, 0.2) is 11.0 Å². The zero-order chi connectivity index (χ0) is 31.0. The van der Waals surface area contributed by atoms with Crippen LogP contribution in [0.3, 0.4) is 0 Å². The second-order valence-electron chi connectivity index (χ2n) is 10.1. The number of anilines is 1. The molecule has 1 aromatic heterocycles. The zero-order valence-electron chi connectivity index (χ0n) is 23.3. The maximum absolute atomic E-state index is 14.1. The van der Waals surface area contributed by atoms with Crippen molar-refractivity contribution in [2.75, 3.05) is 10.7 Å². The van der Waals surface area contributed by atoms with Gasteiger partial charge < -0.3 is 4.74 Å². The van der Waals surface area contributed by atoms with E-state index in [0.29, 0.717) is 16.7 Å². The summed E-state index contributed by atoms with van der Waals surface area (Å²) in [5.41, 5.74) is 11.3. The summed E-state index contributed by atoms with van der Waals surface area (Å²) in [6, 6.07) is 17.7. The van der Waals surface area contributed by atoms with Gasteiger partial charge in [-0.3, -0.25) is 10.3 Å². The number of fused-ring (bicyclic) bond motifs is 3. The Morgan fingerprint density at radius 2 is 1.86 bits per heavy atom. The molecule has 6 rings (SSSR count). The van der Waals surface area contributed by atoms with Crippen molar-refractivity contribution in [2.24, 2.45) is 4.99 Å². The number of allylic oxidation sites excluding steroid dienone is 1. The lowest BCUT2D eigenvalue weighted by Crippen LogP contribution is -2.38. The standard InChI is InChI=1S/C30H25F4N7OS2/c1-17-13-23-15-44-29(41(23)26-14-21(31)7-12-25(17)26)36-28(43)38-37-18(2)19-3-5-20(6-4-19)27-35-16-40(39-27)22-8-10-24(11-9-22)42-30(32,33)34/h3-14,16-18,37H,15H2,1-2H3,(H,38,43)/b36-29-. The Hall–Kier alpha value is -4.27. The molecular formula is C30H25F4N7OS2. The van der Waals surface area contributed by atoms with Gasteiger partial charge in [0.25, 0.3) is 0 Å². The number of hydrogen-bond acceptors (Lipinski definition) is 6.